The van der Waals surface area contributed by atoms with Gasteiger partial charge >= 0.3 is 0 Å². The maximum absolute atomic E-state index is 10.2. The van der Waals surface area contributed by atoms with Gasteiger partial charge in [-0.05, 0) is 19.1 Å². The first-order valence-corrected chi connectivity index (χ1v) is 6.31. The third-order valence-corrected chi connectivity index (χ3v) is 3.14. The summed E-state index contributed by atoms with van der Waals surface area (Å²) in [5.74, 6) is 1.32. The molecule has 2 heterocycles. The molecule has 5 nitrogen and oxygen atoms in total. The van der Waals surface area contributed by atoms with Crippen molar-refractivity contribution in [3.05, 3.63) is 48.2 Å². The molecule has 0 saturated carbocycles. The third kappa shape index (κ3) is 2.24. The van der Waals surface area contributed by atoms with Crippen molar-refractivity contribution >= 4 is 11.0 Å². The second kappa shape index (κ2) is 4.85. The van der Waals surface area contributed by atoms with Crippen molar-refractivity contribution < 1.29 is 9.52 Å². The maximum Gasteiger partial charge on any atom is 0.138 e. The maximum atomic E-state index is 10.2. The first-order valence-electron chi connectivity index (χ1n) is 6.31. The summed E-state index contributed by atoms with van der Waals surface area (Å²) in [6.07, 6.45) is 1.19. The fourth-order valence-corrected chi connectivity index (χ4v) is 2.15. The average Bonchev–Trinajstić information content (AvgIpc) is 3.03. The summed E-state index contributed by atoms with van der Waals surface area (Å²) in [5.41, 5.74) is 0.786. The predicted molar refractivity (Wildman–Crippen MR) is 70.6 cm³/mol. The minimum atomic E-state index is -0.707. The van der Waals surface area contributed by atoms with Crippen molar-refractivity contribution in [2.24, 2.45) is 0 Å². The lowest BCUT2D eigenvalue weighted by Crippen LogP contribution is -2.09. The molecule has 0 amide bonds. The van der Waals surface area contributed by atoms with Crippen molar-refractivity contribution in [3.63, 3.8) is 0 Å². The summed E-state index contributed by atoms with van der Waals surface area (Å²) in [7, 11) is 0. The molecule has 1 aromatic carbocycles. The summed E-state index contributed by atoms with van der Waals surface area (Å²) >= 11 is 0. The fraction of sp³-hybridized carbons (Fsp3) is 0.286. The zero-order chi connectivity index (χ0) is 13.2. The number of hydrogen-bond acceptors (Lipinski definition) is 4. The molecule has 0 aliphatic rings. The van der Waals surface area contributed by atoms with E-state index in [4.69, 9.17) is 4.42 Å². The quantitative estimate of drug-likeness (QED) is 0.779. The standard InChI is InChI=1S/C14H15N3O2/c1-2-17-14(15-9-16-17)8-11(18)13-7-10-5-3-4-6-12(10)19-13/h3-7,9,11,18H,2,8H2,1H3. The van der Waals surface area contributed by atoms with Gasteiger partial charge in [0.15, 0.2) is 0 Å². The second-order valence-corrected chi connectivity index (χ2v) is 4.40. The Kier molecular flexibility index (Phi) is 3.05. The van der Waals surface area contributed by atoms with E-state index in [0.29, 0.717) is 12.2 Å². The highest BCUT2D eigenvalue weighted by Crippen LogP contribution is 2.25. The Morgan fingerprint density at radius 2 is 2.21 bits per heavy atom. The van der Waals surface area contributed by atoms with Crippen LogP contribution in [0.2, 0.25) is 0 Å². The van der Waals surface area contributed by atoms with Gasteiger partial charge in [-0.15, -0.1) is 0 Å². The molecule has 3 rings (SSSR count). The lowest BCUT2D eigenvalue weighted by Gasteiger charge is -2.07. The Hall–Kier alpha value is -2.14. The molecule has 0 fully saturated rings. The van der Waals surface area contributed by atoms with Gasteiger partial charge in [-0.3, -0.25) is 4.68 Å². The third-order valence-electron chi connectivity index (χ3n) is 3.14. The van der Waals surface area contributed by atoms with Crippen LogP contribution in [0.15, 0.2) is 41.1 Å². The van der Waals surface area contributed by atoms with E-state index >= 15 is 0 Å². The normalized spacial score (nSPS) is 12.9. The number of aryl methyl sites for hydroxylation is 1. The molecular weight excluding hydrogens is 242 g/mol. The van der Waals surface area contributed by atoms with Crippen LogP contribution < -0.4 is 0 Å². The van der Waals surface area contributed by atoms with Gasteiger partial charge in [-0.25, -0.2) is 4.98 Å². The SMILES string of the molecule is CCn1ncnc1CC(O)c1cc2ccccc2o1. The minimum absolute atomic E-state index is 0.396. The van der Waals surface area contributed by atoms with Gasteiger partial charge in [0.05, 0.1) is 0 Å². The molecular formula is C14H15N3O2. The van der Waals surface area contributed by atoms with Crippen LogP contribution in [0.25, 0.3) is 11.0 Å². The zero-order valence-electron chi connectivity index (χ0n) is 10.7. The Balaban J connectivity index is 1.85. The van der Waals surface area contributed by atoms with Gasteiger partial charge in [-0.2, -0.15) is 5.10 Å². The van der Waals surface area contributed by atoms with Crippen LogP contribution in [0.3, 0.4) is 0 Å². The Labute approximate surface area is 110 Å². The highest BCUT2D eigenvalue weighted by molar-refractivity contribution is 5.77. The molecule has 0 aliphatic carbocycles. The first kappa shape index (κ1) is 11.9. The lowest BCUT2D eigenvalue weighted by atomic mass is 10.1. The van der Waals surface area contributed by atoms with E-state index in [0.717, 1.165) is 23.3 Å². The highest BCUT2D eigenvalue weighted by atomic mass is 16.4. The topological polar surface area (TPSA) is 64.1 Å². The number of rotatable bonds is 4. The molecule has 0 saturated heterocycles. The molecule has 0 spiro atoms. The van der Waals surface area contributed by atoms with Gasteiger partial charge < -0.3 is 9.52 Å². The van der Waals surface area contributed by atoms with E-state index in [1.807, 2.05) is 37.3 Å². The summed E-state index contributed by atoms with van der Waals surface area (Å²) in [4.78, 5) is 4.16. The number of benzene rings is 1. The van der Waals surface area contributed by atoms with Crippen LogP contribution in [0.1, 0.15) is 24.6 Å². The van der Waals surface area contributed by atoms with Crippen molar-refractivity contribution in [1.29, 1.82) is 0 Å². The zero-order valence-corrected chi connectivity index (χ0v) is 10.7. The summed E-state index contributed by atoms with van der Waals surface area (Å²) in [5, 5.41) is 15.3. The molecule has 5 heteroatoms. The van der Waals surface area contributed by atoms with E-state index in [2.05, 4.69) is 10.1 Å². The largest absolute Gasteiger partial charge is 0.458 e. The van der Waals surface area contributed by atoms with Crippen LogP contribution in [-0.4, -0.2) is 19.9 Å². The summed E-state index contributed by atoms with van der Waals surface area (Å²) < 4.78 is 7.41. The fourth-order valence-electron chi connectivity index (χ4n) is 2.15. The number of aromatic nitrogens is 3. The molecule has 2 aromatic heterocycles. The number of furan rings is 1. The molecule has 0 radical (unpaired) electrons. The smallest absolute Gasteiger partial charge is 0.138 e. The van der Waals surface area contributed by atoms with Crippen LogP contribution >= 0.6 is 0 Å². The number of nitrogens with zero attached hydrogens (tertiary/aromatic N) is 3. The highest BCUT2D eigenvalue weighted by Gasteiger charge is 2.16. The molecule has 19 heavy (non-hydrogen) atoms. The average molecular weight is 257 g/mol. The second-order valence-electron chi connectivity index (χ2n) is 4.40. The van der Waals surface area contributed by atoms with E-state index in [1.165, 1.54) is 6.33 Å². The minimum Gasteiger partial charge on any atom is -0.458 e. The van der Waals surface area contributed by atoms with E-state index < -0.39 is 6.10 Å². The number of fused-ring (bicyclic) bond motifs is 1. The molecule has 1 atom stereocenters. The van der Waals surface area contributed by atoms with Crippen LogP contribution in [-0.2, 0) is 13.0 Å². The number of hydrogen-bond donors (Lipinski definition) is 1. The van der Waals surface area contributed by atoms with Crippen molar-refractivity contribution in [2.45, 2.75) is 26.0 Å². The molecule has 98 valence electrons. The Morgan fingerprint density at radius 1 is 1.37 bits per heavy atom. The van der Waals surface area contributed by atoms with E-state index in [-0.39, 0.29) is 0 Å². The van der Waals surface area contributed by atoms with Crippen molar-refractivity contribution in [1.82, 2.24) is 14.8 Å². The van der Waals surface area contributed by atoms with Crippen LogP contribution in [0, 0.1) is 0 Å². The van der Waals surface area contributed by atoms with Gasteiger partial charge in [0, 0.05) is 18.4 Å². The molecule has 0 aliphatic heterocycles. The van der Waals surface area contributed by atoms with Gasteiger partial charge in [-0.1, -0.05) is 18.2 Å². The van der Waals surface area contributed by atoms with Crippen LogP contribution in [0.5, 0.6) is 0 Å². The summed E-state index contributed by atoms with van der Waals surface area (Å²) in [6, 6.07) is 9.58. The van der Waals surface area contributed by atoms with E-state index in [9.17, 15) is 5.11 Å². The Morgan fingerprint density at radius 3 is 3.00 bits per heavy atom. The monoisotopic (exact) mass is 257 g/mol. The first-order chi connectivity index (χ1) is 9.28. The van der Waals surface area contributed by atoms with Gasteiger partial charge in [0.25, 0.3) is 0 Å². The van der Waals surface area contributed by atoms with E-state index in [1.54, 1.807) is 4.68 Å². The summed E-state index contributed by atoms with van der Waals surface area (Å²) in [6.45, 7) is 2.73. The van der Waals surface area contributed by atoms with Crippen LogP contribution in [0.4, 0.5) is 0 Å². The van der Waals surface area contributed by atoms with Crippen molar-refractivity contribution in [2.75, 3.05) is 0 Å². The Bertz CT molecular complexity index is 654. The van der Waals surface area contributed by atoms with Gasteiger partial charge in [0.2, 0.25) is 0 Å². The number of aliphatic hydroxyl groups is 1. The molecule has 1 unspecified atom stereocenters. The van der Waals surface area contributed by atoms with Gasteiger partial charge in [0.1, 0.15) is 29.6 Å². The molecule has 3 aromatic rings. The molecule has 0 bridgehead atoms. The number of aliphatic hydroxyl groups excluding tert-OH is 1. The number of para-hydroxylation sites is 1. The van der Waals surface area contributed by atoms with Crippen molar-refractivity contribution in [3.8, 4) is 0 Å². The lowest BCUT2D eigenvalue weighted by molar-refractivity contribution is 0.148. The molecule has 1 N–H and O–H groups in total. The predicted octanol–water partition coefficient (Wildman–Crippen LogP) is 2.32.